The normalized spacial score (nSPS) is 12.5. The van der Waals surface area contributed by atoms with Crippen molar-refractivity contribution >= 4 is 12.2 Å². The van der Waals surface area contributed by atoms with E-state index in [1.165, 1.54) is 35.9 Å². The van der Waals surface area contributed by atoms with Crippen LogP contribution in [0.4, 0.5) is 13.2 Å². The molecule has 3 aromatic carbocycles. The van der Waals surface area contributed by atoms with Crippen molar-refractivity contribution in [1.29, 1.82) is 0 Å². The van der Waals surface area contributed by atoms with Crippen LogP contribution in [0, 0.1) is 17.5 Å². The maximum atomic E-state index is 14.4. The molecule has 0 saturated carbocycles. The summed E-state index contributed by atoms with van der Waals surface area (Å²) in [7, 11) is 0. The highest BCUT2D eigenvalue weighted by Gasteiger charge is 2.08. The third kappa shape index (κ3) is 4.42. The van der Waals surface area contributed by atoms with Gasteiger partial charge in [-0.3, -0.25) is 0 Å². The molecular weight excluding hydrogens is 333 g/mol. The lowest BCUT2D eigenvalue weighted by atomic mass is 9.93. The highest BCUT2D eigenvalue weighted by atomic mass is 19.1. The van der Waals surface area contributed by atoms with Crippen molar-refractivity contribution in [2.75, 3.05) is 0 Å². The largest absolute Gasteiger partial charge is 0.207 e. The first-order valence-electron chi connectivity index (χ1n) is 8.49. The SMILES string of the molecule is C[C@H](Cc1ccc(C=Cc2ccc(F)cc2F)c(F)c1)c1ccccc1. The number of rotatable bonds is 5. The van der Waals surface area contributed by atoms with E-state index in [4.69, 9.17) is 0 Å². The monoisotopic (exact) mass is 352 g/mol. The zero-order valence-electron chi connectivity index (χ0n) is 14.4. The van der Waals surface area contributed by atoms with Gasteiger partial charge in [0.15, 0.2) is 0 Å². The number of benzene rings is 3. The minimum Gasteiger partial charge on any atom is -0.207 e. The van der Waals surface area contributed by atoms with Crippen LogP contribution in [0.15, 0.2) is 66.7 Å². The molecule has 0 radical (unpaired) electrons. The van der Waals surface area contributed by atoms with Crippen molar-refractivity contribution in [2.24, 2.45) is 0 Å². The molecule has 1 atom stereocenters. The Balaban J connectivity index is 1.74. The van der Waals surface area contributed by atoms with Crippen LogP contribution in [-0.4, -0.2) is 0 Å². The zero-order chi connectivity index (χ0) is 18.5. The number of hydrogen-bond donors (Lipinski definition) is 0. The van der Waals surface area contributed by atoms with E-state index in [9.17, 15) is 13.2 Å². The molecule has 26 heavy (non-hydrogen) atoms. The van der Waals surface area contributed by atoms with E-state index in [2.05, 4.69) is 19.1 Å². The molecular formula is C23H19F3. The summed E-state index contributed by atoms with van der Waals surface area (Å²) in [6, 6.07) is 18.5. The van der Waals surface area contributed by atoms with Gasteiger partial charge in [-0.05, 0) is 41.7 Å². The molecule has 3 aromatic rings. The Morgan fingerprint density at radius 3 is 2.00 bits per heavy atom. The van der Waals surface area contributed by atoms with Gasteiger partial charge in [-0.2, -0.15) is 0 Å². The van der Waals surface area contributed by atoms with Gasteiger partial charge in [-0.1, -0.05) is 61.5 Å². The Labute approximate surface area is 151 Å². The molecule has 0 nitrogen and oxygen atoms in total. The Morgan fingerprint density at radius 1 is 0.769 bits per heavy atom. The van der Waals surface area contributed by atoms with E-state index < -0.39 is 11.6 Å². The standard InChI is InChI=1S/C23H19F3/c1-16(18-5-3-2-4-6-18)13-17-7-8-19(22(25)14-17)9-10-20-11-12-21(24)15-23(20)26/h2-12,14-16H,13H2,1H3/t16-/m1/s1. The molecule has 132 valence electrons. The van der Waals surface area contributed by atoms with Gasteiger partial charge < -0.3 is 0 Å². The summed E-state index contributed by atoms with van der Waals surface area (Å²) in [5, 5.41) is 0. The fourth-order valence-electron chi connectivity index (χ4n) is 2.90. The van der Waals surface area contributed by atoms with Gasteiger partial charge in [-0.25, -0.2) is 13.2 Å². The molecule has 0 unspecified atom stereocenters. The van der Waals surface area contributed by atoms with Crippen molar-refractivity contribution < 1.29 is 13.2 Å². The lowest BCUT2D eigenvalue weighted by molar-refractivity contribution is 0.581. The van der Waals surface area contributed by atoms with Gasteiger partial charge in [-0.15, -0.1) is 0 Å². The Morgan fingerprint density at radius 2 is 1.38 bits per heavy atom. The van der Waals surface area contributed by atoms with E-state index in [-0.39, 0.29) is 17.3 Å². The maximum absolute atomic E-state index is 14.4. The zero-order valence-corrected chi connectivity index (χ0v) is 14.4. The molecule has 0 saturated heterocycles. The molecule has 0 amide bonds. The fourth-order valence-corrected chi connectivity index (χ4v) is 2.90. The molecule has 0 aliphatic rings. The predicted molar refractivity (Wildman–Crippen MR) is 100 cm³/mol. The van der Waals surface area contributed by atoms with Crippen LogP contribution in [0.25, 0.3) is 12.2 Å². The van der Waals surface area contributed by atoms with Crippen LogP contribution < -0.4 is 0 Å². The third-order valence-electron chi connectivity index (χ3n) is 4.38. The van der Waals surface area contributed by atoms with Gasteiger partial charge in [0.05, 0.1) is 0 Å². The molecule has 3 heteroatoms. The summed E-state index contributed by atoms with van der Waals surface area (Å²) in [6.07, 6.45) is 3.67. The molecule has 0 aliphatic carbocycles. The fraction of sp³-hybridized carbons (Fsp3) is 0.130. The predicted octanol–water partition coefficient (Wildman–Crippen LogP) is 6.62. The minimum absolute atomic E-state index is 0.215. The summed E-state index contributed by atoms with van der Waals surface area (Å²) in [5.74, 6) is -1.38. The highest BCUT2D eigenvalue weighted by Crippen LogP contribution is 2.22. The van der Waals surface area contributed by atoms with Crippen molar-refractivity contribution in [3.05, 3.63) is 106 Å². The molecule has 0 spiro atoms. The Kier molecular flexibility index (Phi) is 5.57. The summed E-state index contributed by atoms with van der Waals surface area (Å²) in [5.41, 5.74) is 2.70. The van der Waals surface area contributed by atoms with E-state index in [1.54, 1.807) is 6.07 Å². The third-order valence-corrected chi connectivity index (χ3v) is 4.38. The lowest BCUT2D eigenvalue weighted by Gasteiger charge is -2.12. The van der Waals surface area contributed by atoms with E-state index >= 15 is 0 Å². The second-order valence-corrected chi connectivity index (χ2v) is 6.37. The van der Waals surface area contributed by atoms with E-state index in [1.807, 2.05) is 24.3 Å². The summed E-state index contributed by atoms with van der Waals surface area (Å²) in [6.45, 7) is 2.11. The second kappa shape index (κ2) is 8.05. The van der Waals surface area contributed by atoms with Crippen LogP contribution >= 0.6 is 0 Å². The Hall–Kier alpha value is -2.81. The van der Waals surface area contributed by atoms with Crippen molar-refractivity contribution in [1.82, 2.24) is 0 Å². The van der Waals surface area contributed by atoms with Crippen LogP contribution in [0.1, 0.15) is 35.1 Å². The highest BCUT2D eigenvalue weighted by molar-refractivity contribution is 5.70. The van der Waals surface area contributed by atoms with Gasteiger partial charge in [0, 0.05) is 17.2 Å². The van der Waals surface area contributed by atoms with E-state index in [0.29, 0.717) is 5.56 Å². The van der Waals surface area contributed by atoms with Crippen molar-refractivity contribution in [3.8, 4) is 0 Å². The number of hydrogen-bond acceptors (Lipinski definition) is 0. The first-order chi connectivity index (χ1) is 12.5. The smallest absolute Gasteiger partial charge is 0.133 e. The molecule has 0 aromatic heterocycles. The van der Waals surface area contributed by atoms with E-state index in [0.717, 1.165) is 18.1 Å². The first kappa shape index (κ1) is 18.0. The summed E-state index contributed by atoms with van der Waals surface area (Å²) in [4.78, 5) is 0. The van der Waals surface area contributed by atoms with Crippen molar-refractivity contribution in [2.45, 2.75) is 19.3 Å². The van der Waals surface area contributed by atoms with Gasteiger partial charge in [0.2, 0.25) is 0 Å². The molecule has 3 rings (SSSR count). The quantitative estimate of drug-likeness (QED) is 0.453. The summed E-state index contributed by atoms with van der Waals surface area (Å²) >= 11 is 0. The van der Waals surface area contributed by atoms with Crippen LogP contribution in [0.2, 0.25) is 0 Å². The maximum Gasteiger partial charge on any atom is 0.133 e. The first-order valence-corrected chi connectivity index (χ1v) is 8.49. The second-order valence-electron chi connectivity index (χ2n) is 6.37. The Bertz CT molecular complexity index is 914. The van der Waals surface area contributed by atoms with Gasteiger partial charge >= 0.3 is 0 Å². The lowest BCUT2D eigenvalue weighted by Crippen LogP contribution is -1.99. The topological polar surface area (TPSA) is 0 Å². The van der Waals surface area contributed by atoms with Crippen molar-refractivity contribution in [3.63, 3.8) is 0 Å². The van der Waals surface area contributed by atoms with Crippen LogP contribution in [0.3, 0.4) is 0 Å². The summed E-state index contributed by atoms with van der Waals surface area (Å²) < 4.78 is 40.9. The molecule has 0 bridgehead atoms. The molecule has 0 aliphatic heterocycles. The molecule has 0 heterocycles. The number of halogens is 3. The molecule has 0 N–H and O–H groups in total. The van der Waals surface area contributed by atoms with Crippen LogP contribution in [0.5, 0.6) is 0 Å². The van der Waals surface area contributed by atoms with Gasteiger partial charge in [0.1, 0.15) is 17.5 Å². The van der Waals surface area contributed by atoms with Crippen LogP contribution in [-0.2, 0) is 6.42 Å². The minimum atomic E-state index is -0.671. The van der Waals surface area contributed by atoms with Gasteiger partial charge in [0.25, 0.3) is 0 Å². The molecule has 0 fully saturated rings. The average molecular weight is 352 g/mol. The average Bonchev–Trinajstić information content (AvgIpc) is 2.63.